The zero-order chi connectivity index (χ0) is 24.1. The normalized spacial score (nSPS) is 18.0. The second-order valence-electron chi connectivity index (χ2n) is 8.95. The summed E-state index contributed by atoms with van der Waals surface area (Å²) >= 11 is 0. The van der Waals surface area contributed by atoms with E-state index in [0.717, 1.165) is 24.3 Å². The molecular formula is C26H30FN3O4. The van der Waals surface area contributed by atoms with Gasteiger partial charge in [-0.2, -0.15) is 0 Å². The van der Waals surface area contributed by atoms with Crippen LogP contribution in [-0.4, -0.2) is 55.5 Å². The Bertz CT molecular complexity index is 1050. The average Bonchev–Trinajstić information content (AvgIpc) is 3.39. The molecule has 0 bridgehead atoms. The fraction of sp³-hybridized carbons (Fsp3) is 0.423. The van der Waals surface area contributed by atoms with Crippen LogP contribution in [0.25, 0.3) is 0 Å². The van der Waals surface area contributed by atoms with Crippen molar-refractivity contribution in [3.63, 3.8) is 0 Å². The summed E-state index contributed by atoms with van der Waals surface area (Å²) in [6.07, 6.45) is 3.64. The van der Waals surface area contributed by atoms with Crippen LogP contribution in [0.3, 0.4) is 0 Å². The van der Waals surface area contributed by atoms with E-state index in [9.17, 15) is 18.8 Å². The summed E-state index contributed by atoms with van der Waals surface area (Å²) < 4.78 is 18.4. The van der Waals surface area contributed by atoms with Gasteiger partial charge in [0, 0.05) is 43.1 Å². The van der Waals surface area contributed by atoms with Crippen molar-refractivity contribution >= 4 is 29.2 Å². The maximum atomic E-state index is 13.1. The molecule has 2 aromatic rings. The maximum Gasteiger partial charge on any atom is 0.311 e. The van der Waals surface area contributed by atoms with E-state index < -0.39 is 23.6 Å². The maximum absolute atomic E-state index is 13.1. The first-order valence-electron chi connectivity index (χ1n) is 11.8. The van der Waals surface area contributed by atoms with Gasteiger partial charge in [0.1, 0.15) is 5.82 Å². The minimum Gasteiger partial charge on any atom is -0.455 e. The van der Waals surface area contributed by atoms with Crippen molar-refractivity contribution in [1.29, 1.82) is 0 Å². The van der Waals surface area contributed by atoms with Gasteiger partial charge in [-0.3, -0.25) is 14.4 Å². The van der Waals surface area contributed by atoms with E-state index in [0.29, 0.717) is 30.6 Å². The Morgan fingerprint density at radius 2 is 1.76 bits per heavy atom. The number of carbonyl (C=O) groups is 3. The number of halogens is 1. The van der Waals surface area contributed by atoms with Crippen molar-refractivity contribution in [3.05, 3.63) is 59.4 Å². The molecule has 34 heavy (non-hydrogen) atoms. The highest BCUT2D eigenvalue weighted by molar-refractivity contribution is 5.95. The van der Waals surface area contributed by atoms with E-state index in [1.54, 1.807) is 4.90 Å². The molecule has 8 heteroatoms. The minimum atomic E-state index is -0.493. The number of anilines is 2. The highest BCUT2D eigenvalue weighted by atomic mass is 19.1. The van der Waals surface area contributed by atoms with Crippen LogP contribution in [-0.2, 0) is 14.3 Å². The highest BCUT2D eigenvalue weighted by Gasteiger charge is 2.30. The lowest BCUT2D eigenvalue weighted by atomic mass is 9.97. The number of esters is 1. The number of nitrogens with one attached hydrogen (secondary N) is 1. The van der Waals surface area contributed by atoms with Gasteiger partial charge in [-0.1, -0.05) is 0 Å². The molecule has 1 N–H and O–H groups in total. The highest BCUT2D eigenvalue weighted by Crippen LogP contribution is 2.25. The number of amides is 2. The third-order valence-electron chi connectivity index (χ3n) is 6.43. The van der Waals surface area contributed by atoms with E-state index in [1.165, 1.54) is 37.1 Å². The molecule has 7 nitrogen and oxygen atoms in total. The number of nitrogens with zero attached hydrogens (tertiary/aromatic N) is 2. The molecule has 0 radical (unpaired) electrons. The number of carbonyl (C=O) groups excluding carboxylic acids is 3. The van der Waals surface area contributed by atoms with Gasteiger partial charge in [-0.25, -0.2) is 4.39 Å². The van der Waals surface area contributed by atoms with Crippen molar-refractivity contribution in [2.75, 3.05) is 43.0 Å². The molecule has 2 aliphatic heterocycles. The number of hydrogen-bond donors (Lipinski definition) is 1. The average molecular weight is 468 g/mol. The van der Waals surface area contributed by atoms with Gasteiger partial charge in [-0.05, 0) is 80.6 Å². The Kier molecular flexibility index (Phi) is 7.45. The first kappa shape index (κ1) is 23.7. The molecule has 2 heterocycles. The predicted molar refractivity (Wildman–Crippen MR) is 127 cm³/mol. The first-order valence-corrected chi connectivity index (χ1v) is 11.8. The molecule has 1 atom stereocenters. The van der Waals surface area contributed by atoms with Crippen molar-refractivity contribution in [1.82, 2.24) is 4.90 Å². The molecule has 180 valence electrons. The van der Waals surface area contributed by atoms with Gasteiger partial charge in [0.05, 0.1) is 5.92 Å². The van der Waals surface area contributed by atoms with Gasteiger partial charge in [0.2, 0.25) is 0 Å². The van der Waals surface area contributed by atoms with Gasteiger partial charge in [0.25, 0.3) is 11.8 Å². The lowest BCUT2D eigenvalue weighted by molar-refractivity contribution is -0.152. The van der Waals surface area contributed by atoms with E-state index in [2.05, 4.69) is 16.3 Å². The van der Waals surface area contributed by atoms with Gasteiger partial charge in [-0.15, -0.1) is 0 Å². The number of rotatable bonds is 6. The van der Waals surface area contributed by atoms with E-state index in [1.807, 2.05) is 19.1 Å². The van der Waals surface area contributed by atoms with Crippen LogP contribution in [0.5, 0.6) is 0 Å². The number of hydrogen-bond acceptors (Lipinski definition) is 5. The topological polar surface area (TPSA) is 79.0 Å². The molecule has 2 fully saturated rings. The van der Waals surface area contributed by atoms with E-state index >= 15 is 0 Å². The molecule has 1 unspecified atom stereocenters. The summed E-state index contributed by atoms with van der Waals surface area (Å²) in [6.45, 7) is 4.40. The second-order valence-corrected chi connectivity index (χ2v) is 8.95. The molecule has 0 aromatic heterocycles. The largest absolute Gasteiger partial charge is 0.455 e. The molecule has 0 saturated carbocycles. The van der Waals surface area contributed by atoms with Gasteiger partial charge in [0.15, 0.2) is 6.61 Å². The molecular weight excluding hydrogens is 437 g/mol. The Labute approximate surface area is 198 Å². The molecule has 2 aromatic carbocycles. The van der Waals surface area contributed by atoms with Crippen LogP contribution in [0.15, 0.2) is 42.5 Å². The second kappa shape index (κ2) is 10.7. The third-order valence-corrected chi connectivity index (χ3v) is 6.43. The van der Waals surface area contributed by atoms with Crippen LogP contribution in [0.2, 0.25) is 0 Å². The van der Waals surface area contributed by atoms with Crippen LogP contribution >= 0.6 is 0 Å². The van der Waals surface area contributed by atoms with Crippen molar-refractivity contribution in [2.45, 2.75) is 32.6 Å². The molecule has 2 amide bonds. The summed E-state index contributed by atoms with van der Waals surface area (Å²) in [7, 11) is 0. The fourth-order valence-corrected chi connectivity index (χ4v) is 4.53. The molecule has 2 aliphatic rings. The Morgan fingerprint density at radius 3 is 2.47 bits per heavy atom. The summed E-state index contributed by atoms with van der Waals surface area (Å²) in [5, 5.41) is 2.81. The van der Waals surface area contributed by atoms with Crippen LogP contribution in [0, 0.1) is 18.7 Å². The predicted octanol–water partition coefficient (Wildman–Crippen LogP) is 3.77. The SMILES string of the molecule is Cc1cc(N2CCCC2)ccc1NC(=O)COC(=O)C1CCCN(C(=O)c2ccc(F)cc2)C1. The molecule has 2 saturated heterocycles. The van der Waals surface area contributed by atoms with Crippen LogP contribution in [0.4, 0.5) is 15.8 Å². The molecule has 4 rings (SSSR count). The Balaban J connectivity index is 1.27. The molecule has 0 spiro atoms. The van der Waals surface area contributed by atoms with E-state index in [4.69, 9.17) is 4.74 Å². The zero-order valence-electron chi connectivity index (χ0n) is 19.4. The summed E-state index contributed by atoms with van der Waals surface area (Å²) in [6, 6.07) is 11.3. The smallest absolute Gasteiger partial charge is 0.311 e. The molecule has 0 aliphatic carbocycles. The Morgan fingerprint density at radius 1 is 1.03 bits per heavy atom. The zero-order valence-corrected chi connectivity index (χ0v) is 19.4. The number of aryl methyl sites for hydroxylation is 1. The van der Waals surface area contributed by atoms with Crippen molar-refractivity contribution in [3.8, 4) is 0 Å². The first-order chi connectivity index (χ1) is 16.4. The third kappa shape index (κ3) is 5.73. The van der Waals surface area contributed by atoms with Crippen molar-refractivity contribution in [2.24, 2.45) is 5.92 Å². The van der Waals surface area contributed by atoms with Gasteiger partial charge < -0.3 is 19.9 Å². The standard InChI is InChI=1S/C26H30FN3O4/c1-18-15-22(29-12-2-3-13-29)10-11-23(18)28-24(31)17-34-26(33)20-5-4-14-30(16-20)25(32)19-6-8-21(27)9-7-19/h6-11,15,20H,2-5,12-14,16-17H2,1H3,(H,28,31). The summed E-state index contributed by atoms with van der Waals surface area (Å²) in [5.41, 5.74) is 3.17. The van der Waals surface area contributed by atoms with Crippen LogP contribution < -0.4 is 10.2 Å². The van der Waals surface area contributed by atoms with Crippen molar-refractivity contribution < 1.29 is 23.5 Å². The monoisotopic (exact) mass is 467 g/mol. The fourth-order valence-electron chi connectivity index (χ4n) is 4.53. The lowest BCUT2D eigenvalue weighted by Gasteiger charge is -2.31. The number of ether oxygens (including phenoxy) is 1. The van der Waals surface area contributed by atoms with E-state index in [-0.39, 0.29) is 19.1 Å². The summed E-state index contributed by atoms with van der Waals surface area (Å²) in [5.74, 6) is -2.04. The number of likely N-dealkylation sites (tertiary alicyclic amines) is 1. The number of piperidine rings is 1. The lowest BCUT2D eigenvalue weighted by Crippen LogP contribution is -2.43. The number of benzene rings is 2. The quantitative estimate of drug-likeness (QED) is 0.655. The Hall–Kier alpha value is -3.42. The minimum absolute atomic E-state index is 0.216. The van der Waals surface area contributed by atoms with Gasteiger partial charge >= 0.3 is 5.97 Å². The van der Waals surface area contributed by atoms with Crippen LogP contribution in [0.1, 0.15) is 41.6 Å². The summed E-state index contributed by atoms with van der Waals surface area (Å²) in [4.78, 5) is 41.5.